The van der Waals surface area contributed by atoms with Crippen molar-refractivity contribution < 1.29 is 24.2 Å². The van der Waals surface area contributed by atoms with Crippen LogP contribution >= 0.6 is 23.2 Å². The maximum Gasteiger partial charge on any atom is 0.355 e. The lowest BCUT2D eigenvalue weighted by Crippen LogP contribution is -2.33. The van der Waals surface area contributed by atoms with E-state index in [0.717, 1.165) is 19.6 Å². The third kappa shape index (κ3) is 5.71. The largest absolute Gasteiger partial charge is 0.507 e. The summed E-state index contributed by atoms with van der Waals surface area (Å²) in [7, 11) is 0. The normalized spacial score (nSPS) is 17.2. The van der Waals surface area contributed by atoms with Gasteiger partial charge in [-0.2, -0.15) is 0 Å². The van der Waals surface area contributed by atoms with E-state index in [0.29, 0.717) is 34.8 Å². The number of aromatic amines is 1. The SMILES string of the molecule is CCOC(=O)c1[nH]c(C)c(/C(O)=C2\C(=O)C(=O)N(CCCN(CC)CC)C2c2ccc(Cl)c(Cl)c2)c1C. The first-order chi connectivity index (χ1) is 17.6. The number of hydrogen-bond donors (Lipinski definition) is 2. The van der Waals surface area contributed by atoms with E-state index in [1.807, 2.05) is 0 Å². The Morgan fingerprint density at radius 2 is 1.81 bits per heavy atom. The first kappa shape index (κ1) is 28.8. The van der Waals surface area contributed by atoms with Gasteiger partial charge < -0.3 is 24.6 Å². The Morgan fingerprint density at radius 1 is 1.14 bits per heavy atom. The van der Waals surface area contributed by atoms with Gasteiger partial charge in [0.1, 0.15) is 11.5 Å². The van der Waals surface area contributed by atoms with E-state index in [1.165, 1.54) is 4.90 Å². The third-order valence-corrected chi connectivity index (χ3v) is 7.46. The summed E-state index contributed by atoms with van der Waals surface area (Å²) >= 11 is 12.4. The second-order valence-electron chi connectivity index (χ2n) is 8.89. The van der Waals surface area contributed by atoms with Crippen molar-refractivity contribution in [2.75, 3.05) is 32.8 Å². The summed E-state index contributed by atoms with van der Waals surface area (Å²) < 4.78 is 5.11. The second-order valence-corrected chi connectivity index (χ2v) is 9.71. The fourth-order valence-electron chi connectivity index (χ4n) is 4.79. The highest BCUT2D eigenvalue weighted by molar-refractivity contribution is 6.47. The van der Waals surface area contributed by atoms with Gasteiger partial charge in [0.15, 0.2) is 0 Å². The van der Waals surface area contributed by atoms with Gasteiger partial charge in [-0.3, -0.25) is 9.59 Å². The van der Waals surface area contributed by atoms with Crippen LogP contribution in [0.2, 0.25) is 10.0 Å². The van der Waals surface area contributed by atoms with Crippen LogP contribution < -0.4 is 0 Å². The Bertz CT molecular complexity index is 1230. The molecule has 1 atom stereocenters. The van der Waals surface area contributed by atoms with Gasteiger partial charge in [-0.15, -0.1) is 0 Å². The van der Waals surface area contributed by atoms with Crippen molar-refractivity contribution in [2.45, 2.75) is 47.1 Å². The number of amides is 1. The molecule has 1 aromatic heterocycles. The molecule has 1 fully saturated rings. The summed E-state index contributed by atoms with van der Waals surface area (Å²) in [5, 5.41) is 12.1. The number of Topliss-reactive ketones (excluding diaryl/α,β-unsaturated/α-hetero) is 1. The number of aliphatic hydroxyl groups excluding tert-OH is 1. The van der Waals surface area contributed by atoms with Gasteiger partial charge in [0, 0.05) is 17.8 Å². The van der Waals surface area contributed by atoms with E-state index < -0.39 is 23.7 Å². The highest BCUT2D eigenvalue weighted by atomic mass is 35.5. The minimum atomic E-state index is -0.869. The van der Waals surface area contributed by atoms with Gasteiger partial charge in [-0.05, 0) is 70.1 Å². The van der Waals surface area contributed by atoms with Crippen molar-refractivity contribution in [1.82, 2.24) is 14.8 Å². The zero-order chi connectivity index (χ0) is 27.4. The lowest BCUT2D eigenvalue weighted by molar-refractivity contribution is -0.140. The summed E-state index contributed by atoms with van der Waals surface area (Å²) in [4.78, 5) is 45.7. The molecule has 2 N–H and O–H groups in total. The van der Waals surface area contributed by atoms with Crippen LogP contribution in [0.3, 0.4) is 0 Å². The van der Waals surface area contributed by atoms with Crippen LogP contribution in [0.5, 0.6) is 0 Å². The maximum atomic E-state index is 13.4. The fourth-order valence-corrected chi connectivity index (χ4v) is 5.10. The average Bonchev–Trinajstić information content (AvgIpc) is 3.30. The first-order valence-corrected chi connectivity index (χ1v) is 13.1. The van der Waals surface area contributed by atoms with E-state index in [-0.39, 0.29) is 34.2 Å². The van der Waals surface area contributed by atoms with Crippen molar-refractivity contribution in [2.24, 2.45) is 0 Å². The third-order valence-electron chi connectivity index (χ3n) is 6.72. The molecule has 2 aromatic rings. The van der Waals surface area contributed by atoms with Gasteiger partial charge in [0.2, 0.25) is 0 Å². The summed E-state index contributed by atoms with van der Waals surface area (Å²) in [5.74, 6) is -2.43. The highest BCUT2D eigenvalue weighted by Gasteiger charge is 2.46. The molecule has 0 saturated carbocycles. The Kier molecular flexibility index (Phi) is 9.45. The highest BCUT2D eigenvalue weighted by Crippen LogP contribution is 2.42. The van der Waals surface area contributed by atoms with Crippen molar-refractivity contribution in [3.05, 3.63) is 61.9 Å². The molecule has 1 aromatic carbocycles. The average molecular weight is 550 g/mol. The number of ether oxygens (including phenoxy) is 1. The van der Waals surface area contributed by atoms with E-state index in [4.69, 9.17) is 27.9 Å². The van der Waals surface area contributed by atoms with E-state index in [1.54, 1.807) is 39.0 Å². The lowest BCUT2D eigenvalue weighted by atomic mass is 9.94. The Morgan fingerprint density at radius 3 is 2.41 bits per heavy atom. The molecule has 2 heterocycles. The van der Waals surface area contributed by atoms with Crippen LogP contribution in [0.15, 0.2) is 23.8 Å². The zero-order valence-electron chi connectivity index (χ0n) is 21.8. The van der Waals surface area contributed by atoms with E-state index in [2.05, 4.69) is 23.7 Å². The van der Waals surface area contributed by atoms with Crippen molar-refractivity contribution in [1.29, 1.82) is 0 Å². The number of likely N-dealkylation sites (tertiary alicyclic amines) is 1. The summed E-state index contributed by atoms with van der Waals surface area (Å²) in [5.41, 5.74) is 1.85. The molecular weight excluding hydrogens is 517 g/mol. The Balaban J connectivity index is 2.14. The van der Waals surface area contributed by atoms with Gasteiger partial charge in [-0.1, -0.05) is 43.1 Å². The number of aryl methyl sites for hydroxylation is 1. The Hall–Kier alpha value is -2.81. The molecule has 0 radical (unpaired) electrons. The number of ketones is 1. The first-order valence-electron chi connectivity index (χ1n) is 12.4. The van der Waals surface area contributed by atoms with E-state index in [9.17, 15) is 19.5 Å². The number of rotatable bonds is 10. The number of nitrogens with one attached hydrogen (secondary N) is 1. The van der Waals surface area contributed by atoms with Crippen LogP contribution in [0, 0.1) is 13.8 Å². The van der Waals surface area contributed by atoms with Gasteiger partial charge in [0.25, 0.3) is 11.7 Å². The number of benzene rings is 1. The summed E-state index contributed by atoms with van der Waals surface area (Å²) in [6, 6.07) is 4.02. The fraction of sp³-hybridized carbons (Fsp3) is 0.444. The van der Waals surface area contributed by atoms with Crippen molar-refractivity contribution >= 4 is 46.6 Å². The number of halogens is 2. The number of aliphatic hydroxyl groups is 1. The number of esters is 1. The minimum absolute atomic E-state index is 0.0631. The van der Waals surface area contributed by atoms with Crippen LogP contribution in [-0.4, -0.2) is 70.3 Å². The molecule has 0 spiro atoms. The van der Waals surface area contributed by atoms with Crippen molar-refractivity contribution in [3.8, 4) is 0 Å². The molecule has 1 aliphatic rings. The number of carbonyl (C=O) groups excluding carboxylic acids is 3. The number of H-pyrrole nitrogens is 1. The molecule has 1 amide bonds. The number of nitrogens with zero attached hydrogens (tertiary/aromatic N) is 2. The van der Waals surface area contributed by atoms with Crippen LogP contribution in [0.4, 0.5) is 0 Å². The molecule has 0 aliphatic carbocycles. The molecule has 1 unspecified atom stereocenters. The van der Waals surface area contributed by atoms with Crippen LogP contribution in [0.1, 0.15) is 66.1 Å². The van der Waals surface area contributed by atoms with Gasteiger partial charge >= 0.3 is 5.97 Å². The number of carbonyl (C=O) groups is 3. The smallest absolute Gasteiger partial charge is 0.355 e. The van der Waals surface area contributed by atoms with Gasteiger partial charge in [-0.25, -0.2) is 4.79 Å². The zero-order valence-corrected chi connectivity index (χ0v) is 23.3. The molecule has 1 aliphatic heterocycles. The van der Waals surface area contributed by atoms with Crippen molar-refractivity contribution in [3.63, 3.8) is 0 Å². The molecule has 1 saturated heterocycles. The molecule has 200 valence electrons. The predicted octanol–water partition coefficient (Wildman–Crippen LogP) is 5.27. The predicted molar refractivity (Wildman–Crippen MR) is 144 cm³/mol. The van der Waals surface area contributed by atoms with Crippen LogP contribution in [-0.2, 0) is 14.3 Å². The minimum Gasteiger partial charge on any atom is -0.507 e. The monoisotopic (exact) mass is 549 g/mol. The topological polar surface area (TPSA) is 103 Å². The standard InChI is InChI=1S/C27H33Cl2N3O5/c1-6-31(7-2)12-9-13-32-23(17-10-11-18(28)19(29)14-17)21(25(34)26(32)35)24(33)20-15(4)22(30-16(20)5)27(36)37-8-3/h10-11,14,23,30,33H,6-9,12-13H2,1-5H3/b24-21+. The Labute approximate surface area is 227 Å². The molecule has 37 heavy (non-hydrogen) atoms. The quantitative estimate of drug-likeness (QED) is 0.181. The summed E-state index contributed by atoms with van der Waals surface area (Å²) in [6.45, 7) is 12.2. The number of aromatic nitrogens is 1. The molecule has 8 nitrogen and oxygen atoms in total. The van der Waals surface area contributed by atoms with Gasteiger partial charge in [0.05, 0.1) is 28.3 Å². The molecular formula is C27H33Cl2N3O5. The summed E-state index contributed by atoms with van der Waals surface area (Å²) in [6.07, 6.45) is 0.641. The number of hydrogen-bond acceptors (Lipinski definition) is 6. The lowest BCUT2D eigenvalue weighted by Gasteiger charge is -2.27. The van der Waals surface area contributed by atoms with Crippen LogP contribution in [0.25, 0.3) is 5.76 Å². The second kappa shape index (κ2) is 12.2. The maximum absolute atomic E-state index is 13.4. The van der Waals surface area contributed by atoms with E-state index >= 15 is 0 Å². The molecule has 3 rings (SSSR count). The molecule has 10 heteroatoms. The molecule has 0 bridgehead atoms.